The van der Waals surface area contributed by atoms with E-state index in [1.54, 1.807) is 26.1 Å². The van der Waals surface area contributed by atoms with Crippen molar-refractivity contribution in [3.05, 3.63) is 148 Å². The fraction of sp³-hybridized carbons (Fsp3) is 0.200. The van der Waals surface area contributed by atoms with Crippen LogP contribution in [-0.4, -0.2) is 60.6 Å². The van der Waals surface area contributed by atoms with E-state index in [4.69, 9.17) is 34.8 Å². The third kappa shape index (κ3) is 9.16. The summed E-state index contributed by atoms with van der Waals surface area (Å²) in [6, 6.07) is 8.97. The van der Waals surface area contributed by atoms with Gasteiger partial charge in [-0.3, -0.25) is 28.9 Å². The molecule has 14 nitrogen and oxygen atoms in total. The van der Waals surface area contributed by atoms with Gasteiger partial charge in [0.15, 0.2) is 22.9 Å². The van der Waals surface area contributed by atoms with Crippen LogP contribution in [-0.2, 0) is 27.1 Å². The van der Waals surface area contributed by atoms with Crippen LogP contribution < -0.4 is 16.7 Å². The first kappa shape index (κ1) is 48.6. The number of rotatable bonds is 6. The minimum Gasteiger partial charge on any atom is -0.505 e. The van der Waals surface area contributed by atoms with Gasteiger partial charge in [0.25, 0.3) is 23.1 Å². The molecule has 0 spiro atoms. The van der Waals surface area contributed by atoms with Crippen LogP contribution >= 0.6 is 34.8 Å². The molecule has 6 heterocycles. The van der Waals surface area contributed by atoms with Gasteiger partial charge >= 0.3 is 0 Å². The molecule has 0 saturated heterocycles. The second kappa shape index (κ2) is 19.7. The Bertz CT molecular complexity index is 3380. The van der Waals surface area contributed by atoms with Gasteiger partial charge in [0.2, 0.25) is 0 Å². The number of aryl methyl sites for hydroxylation is 6. The zero-order valence-electron chi connectivity index (χ0n) is 35.6. The Balaban J connectivity index is 0.000000164. The third-order valence-corrected chi connectivity index (χ3v) is 11.2. The quantitative estimate of drug-likeness (QED) is 0.106. The zero-order valence-corrected chi connectivity index (χ0v) is 37.9. The lowest BCUT2D eigenvalue weighted by atomic mass is 9.92. The van der Waals surface area contributed by atoms with Crippen molar-refractivity contribution in [3.8, 4) is 50.6 Å². The first-order chi connectivity index (χ1) is 31.2. The minimum absolute atomic E-state index is 0.00796. The van der Waals surface area contributed by atoms with Crippen LogP contribution in [0.2, 0.25) is 15.1 Å². The molecule has 342 valence electrons. The zero-order chi connectivity index (χ0) is 48.5. The summed E-state index contributed by atoms with van der Waals surface area (Å²) < 4.78 is 56.7. The van der Waals surface area contributed by atoms with E-state index in [1.807, 2.05) is 26.8 Å². The SMILES string of the molecule is CCc1cc(C)cc(C)c1-c1c(O)c(C)nn(C)c1=O.Cn1c(=O)c(-c2c(F)ccc(F)c2Cl)c(O)c2ncccc21.O=c1c(-c2c(Cl)cncc2Cl)c(O)c2nccnc2n1CC(F)F. The third-order valence-electron chi connectivity index (χ3n) is 10.3. The van der Waals surface area contributed by atoms with Gasteiger partial charge < -0.3 is 19.9 Å². The van der Waals surface area contributed by atoms with Crippen LogP contribution in [0.25, 0.3) is 55.6 Å². The van der Waals surface area contributed by atoms with Gasteiger partial charge in [0.1, 0.15) is 28.4 Å². The monoisotopic (exact) mass is 966 g/mol. The lowest BCUT2D eigenvalue weighted by molar-refractivity contribution is 0.126. The van der Waals surface area contributed by atoms with E-state index in [0.29, 0.717) is 16.8 Å². The summed E-state index contributed by atoms with van der Waals surface area (Å²) in [7, 11) is 3.05. The van der Waals surface area contributed by atoms with Gasteiger partial charge in [0, 0.05) is 56.2 Å². The Morgan fingerprint density at radius 1 is 0.697 bits per heavy atom. The van der Waals surface area contributed by atoms with Gasteiger partial charge in [-0.25, -0.2) is 32.2 Å². The number of nitrogens with zero attached hydrogens (tertiary/aromatic N) is 8. The summed E-state index contributed by atoms with van der Waals surface area (Å²) in [6.45, 7) is 6.84. The summed E-state index contributed by atoms with van der Waals surface area (Å²) in [5.41, 5.74) is 1.94. The molecular formula is C45H37Cl3F4N8O6. The van der Waals surface area contributed by atoms with E-state index in [-0.39, 0.29) is 49.2 Å². The van der Waals surface area contributed by atoms with Crippen molar-refractivity contribution >= 4 is 57.0 Å². The molecule has 3 N–H and O–H groups in total. The fourth-order valence-electron chi connectivity index (χ4n) is 7.34. The van der Waals surface area contributed by atoms with Crippen molar-refractivity contribution in [1.82, 2.24) is 38.9 Å². The molecule has 8 rings (SSSR count). The lowest BCUT2D eigenvalue weighted by Crippen LogP contribution is -2.26. The van der Waals surface area contributed by atoms with E-state index in [2.05, 4.69) is 31.1 Å². The number of fused-ring (bicyclic) bond motifs is 2. The molecule has 0 amide bonds. The summed E-state index contributed by atoms with van der Waals surface area (Å²) in [6.07, 6.45) is 4.35. The molecule has 0 aliphatic rings. The molecule has 0 unspecified atom stereocenters. The second-order valence-corrected chi connectivity index (χ2v) is 15.8. The van der Waals surface area contributed by atoms with Crippen molar-refractivity contribution in [2.75, 3.05) is 0 Å². The van der Waals surface area contributed by atoms with Crippen molar-refractivity contribution < 1.29 is 32.9 Å². The maximum atomic E-state index is 14.1. The van der Waals surface area contributed by atoms with E-state index in [0.717, 1.165) is 45.4 Å². The topological polar surface area (TPSA) is 191 Å². The Kier molecular flexibility index (Phi) is 14.5. The van der Waals surface area contributed by atoms with Crippen LogP contribution in [0.1, 0.15) is 29.3 Å². The highest BCUT2D eigenvalue weighted by Crippen LogP contribution is 2.40. The van der Waals surface area contributed by atoms with Crippen molar-refractivity contribution in [1.29, 1.82) is 0 Å². The van der Waals surface area contributed by atoms with E-state index in [1.165, 1.54) is 47.3 Å². The smallest absolute Gasteiger partial charge is 0.278 e. The van der Waals surface area contributed by atoms with Gasteiger partial charge in [-0.1, -0.05) is 59.4 Å². The Morgan fingerprint density at radius 3 is 1.94 bits per heavy atom. The molecule has 0 radical (unpaired) electrons. The maximum absolute atomic E-state index is 14.1. The second-order valence-electron chi connectivity index (χ2n) is 14.6. The largest absolute Gasteiger partial charge is 0.505 e. The molecule has 0 aliphatic heterocycles. The summed E-state index contributed by atoms with van der Waals surface area (Å²) in [4.78, 5) is 53.1. The molecule has 6 aromatic heterocycles. The molecule has 0 aliphatic carbocycles. The number of hydrogen-bond acceptors (Lipinski definition) is 11. The summed E-state index contributed by atoms with van der Waals surface area (Å²) in [5.74, 6) is -2.89. The number of pyridine rings is 4. The average Bonchev–Trinajstić information content (AvgIpc) is 3.28. The molecule has 0 atom stereocenters. The number of hydrogen-bond donors (Lipinski definition) is 3. The van der Waals surface area contributed by atoms with E-state index >= 15 is 0 Å². The van der Waals surface area contributed by atoms with Crippen molar-refractivity contribution in [2.45, 2.75) is 47.1 Å². The number of benzene rings is 2. The number of halogens is 7. The highest BCUT2D eigenvalue weighted by atomic mass is 35.5. The summed E-state index contributed by atoms with van der Waals surface area (Å²) >= 11 is 17.8. The van der Waals surface area contributed by atoms with Crippen LogP contribution in [0, 0.1) is 32.4 Å². The first-order valence-corrected chi connectivity index (χ1v) is 20.7. The van der Waals surface area contributed by atoms with E-state index in [9.17, 15) is 47.3 Å². The molecule has 66 heavy (non-hydrogen) atoms. The van der Waals surface area contributed by atoms with E-state index < -0.39 is 63.4 Å². The summed E-state index contributed by atoms with van der Waals surface area (Å²) in [5, 5.41) is 34.5. The molecule has 21 heteroatoms. The lowest BCUT2D eigenvalue weighted by Gasteiger charge is -2.15. The Labute approximate surface area is 386 Å². The highest BCUT2D eigenvalue weighted by molar-refractivity contribution is 6.39. The van der Waals surface area contributed by atoms with Gasteiger partial charge in [-0.05, 0) is 68.1 Å². The fourth-order valence-corrected chi connectivity index (χ4v) is 8.14. The molecule has 0 fully saturated rings. The predicted octanol–water partition coefficient (Wildman–Crippen LogP) is 9.01. The maximum Gasteiger partial charge on any atom is 0.278 e. The van der Waals surface area contributed by atoms with Crippen LogP contribution in [0.15, 0.2) is 81.8 Å². The van der Waals surface area contributed by atoms with Crippen molar-refractivity contribution in [2.24, 2.45) is 14.1 Å². The highest BCUT2D eigenvalue weighted by Gasteiger charge is 2.26. The van der Waals surface area contributed by atoms with Crippen LogP contribution in [0.4, 0.5) is 17.6 Å². The first-order valence-electron chi connectivity index (χ1n) is 19.5. The molecular weight excluding hydrogens is 931 g/mol. The van der Waals surface area contributed by atoms with Crippen LogP contribution in [0.5, 0.6) is 17.2 Å². The molecule has 8 aromatic rings. The Morgan fingerprint density at radius 2 is 1.29 bits per heavy atom. The molecule has 2 aromatic carbocycles. The average molecular weight is 968 g/mol. The molecule has 0 bridgehead atoms. The predicted molar refractivity (Wildman–Crippen MR) is 244 cm³/mol. The number of alkyl halides is 2. The van der Waals surface area contributed by atoms with Crippen LogP contribution in [0.3, 0.4) is 0 Å². The van der Waals surface area contributed by atoms with Gasteiger partial charge in [-0.2, -0.15) is 5.10 Å². The number of aromatic hydroxyl groups is 3. The van der Waals surface area contributed by atoms with Gasteiger partial charge in [0.05, 0.1) is 43.8 Å². The van der Waals surface area contributed by atoms with Gasteiger partial charge in [-0.15, -0.1) is 0 Å². The Hall–Kier alpha value is -6.89. The number of aromatic nitrogens is 8. The molecule has 0 saturated carbocycles. The minimum atomic E-state index is -2.81. The normalized spacial score (nSPS) is 11.1. The van der Waals surface area contributed by atoms with Crippen molar-refractivity contribution in [3.63, 3.8) is 0 Å². The standard InChI is InChI=1S/C16H20N2O2.C15H9ClF2N2O2.C14H8Cl2F2N4O2/c1-6-12-8-9(2)7-10(3)13(12)14-15(19)11(4)17-18(5)16(14)20;1-20-9-3-2-6-19-13(9)14(21)11(15(20)22)10-7(17)4-5-8(18)12(10)16;15-6-3-19-4-7(16)9(6)10-12(23)11-13(21-2-1-20-11)22(14(10)24)5-8(17)18/h7-8,19H,6H2,1-5H3;2-6,21H,1H3;1-4,8,23H,5H2.